The first kappa shape index (κ1) is 40.0. The van der Waals surface area contributed by atoms with Gasteiger partial charge in [0.2, 0.25) is 5.78 Å². The summed E-state index contributed by atoms with van der Waals surface area (Å²) in [5.41, 5.74) is -6.47. The number of nitrogens with zero attached hydrogens (tertiary/aromatic N) is 3. The number of halogens is 1. The first-order valence-electron chi connectivity index (χ1n) is 16.9. The molecule has 0 aromatic heterocycles. The standard InChI is InChI=1S/C32H42FN3O16/c1-19-14-24-23-10-9-20-15-21(37)11-12-29(20,2)31(23,33)25(38)16-30(24,3)32(19,51-28(41)8-5-13-49-34(42)43)26(39)18-48-27(40)7-4-6-22(52-36(46)47)17-50-35(44)45/h11-12,15,19,22-25,38H,4-10,13-14,16-18H2,1-3H3/t19-,22?,23?,24?,25+,29+,30+,31+,32+/m1/s1. The van der Waals surface area contributed by atoms with Crippen LogP contribution in [-0.4, -0.2) is 87.2 Å². The monoisotopic (exact) mass is 743 g/mol. The van der Waals surface area contributed by atoms with Crippen LogP contribution in [0.15, 0.2) is 23.8 Å². The Hall–Kier alpha value is -4.75. The fourth-order valence-electron chi connectivity index (χ4n) is 9.22. The maximum absolute atomic E-state index is 17.7. The highest BCUT2D eigenvalue weighted by molar-refractivity contribution is 6.01. The number of fused-ring (bicyclic) bond motifs is 5. The van der Waals surface area contributed by atoms with E-state index < -0.39 is 118 Å². The number of aliphatic hydroxyl groups excluding tert-OH is 1. The van der Waals surface area contributed by atoms with Gasteiger partial charge in [-0.3, -0.25) is 19.2 Å². The largest absolute Gasteiger partial charge is 0.457 e. The topological polar surface area (TPSA) is 264 Å². The lowest BCUT2D eigenvalue weighted by molar-refractivity contribution is -0.790. The van der Waals surface area contributed by atoms with Gasteiger partial charge in [-0.1, -0.05) is 25.5 Å². The second kappa shape index (κ2) is 15.5. The number of rotatable bonds is 18. The van der Waals surface area contributed by atoms with Gasteiger partial charge in [0.05, 0.1) is 12.7 Å². The number of allylic oxidation sites excluding steroid dienone is 4. The Balaban J connectivity index is 1.57. The van der Waals surface area contributed by atoms with E-state index in [4.69, 9.17) is 9.47 Å². The molecule has 288 valence electrons. The number of esters is 2. The third-order valence-electron chi connectivity index (χ3n) is 11.5. The van der Waals surface area contributed by atoms with Crippen molar-refractivity contribution < 1.29 is 67.9 Å². The Morgan fingerprint density at radius 2 is 1.69 bits per heavy atom. The number of hydrogen-bond donors (Lipinski definition) is 1. The van der Waals surface area contributed by atoms with Crippen molar-refractivity contribution in [1.29, 1.82) is 0 Å². The minimum atomic E-state index is -2.25. The van der Waals surface area contributed by atoms with Gasteiger partial charge in [0.25, 0.3) is 15.3 Å². The number of ketones is 2. The predicted molar refractivity (Wildman–Crippen MR) is 169 cm³/mol. The van der Waals surface area contributed by atoms with Crippen LogP contribution >= 0.6 is 0 Å². The summed E-state index contributed by atoms with van der Waals surface area (Å²) >= 11 is 0. The molecule has 0 saturated heterocycles. The van der Waals surface area contributed by atoms with Gasteiger partial charge in [0, 0.05) is 35.5 Å². The third kappa shape index (κ3) is 7.42. The fraction of sp³-hybridized carbons (Fsp3) is 0.750. The van der Waals surface area contributed by atoms with Crippen LogP contribution in [0.2, 0.25) is 0 Å². The van der Waals surface area contributed by atoms with E-state index in [9.17, 15) is 54.6 Å². The lowest BCUT2D eigenvalue weighted by Gasteiger charge is -2.62. The lowest BCUT2D eigenvalue weighted by Crippen LogP contribution is -2.70. The Morgan fingerprint density at radius 1 is 1.02 bits per heavy atom. The van der Waals surface area contributed by atoms with Gasteiger partial charge in [0.15, 0.2) is 23.7 Å². The van der Waals surface area contributed by atoms with Crippen molar-refractivity contribution in [3.8, 4) is 0 Å². The average Bonchev–Trinajstić information content (AvgIpc) is 3.27. The molecule has 9 atom stereocenters. The number of hydrogen-bond acceptors (Lipinski definition) is 16. The van der Waals surface area contributed by atoms with Crippen LogP contribution in [-0.2, 0) is 43.2 Å². The zero-order valence-corrected chi connectivity index (χ0v) is 28.9. The molecule has 0 spiro atoms. The van der Waals surface area contributed by atoms with Crippen molar-refractivity contribution in [3.63, 3.8) is 0 Å². The molecular weight excluding hydrogens is 701 g/mol. The third-order valence-corrected chi connectivity index (χ3v) is 11.5. The van der Waals surface area contributed by atoms with Gasteiger partial charge in [-0.25, -0.2) is 4.39 Å². The summed E-state index contributed by atoms with van der Waals surface area (Å²) in [6, 6.07) is 0. The van der Waals surface area contributed by atoms with Crippen LogP contribution in [0, 0.1) is 58.9 Å². The summed E-state index contributed by atoms with van der Waals surface area (Å²) in [5, 5.41) is 40.2. The molecule has 3 saturated carbocycles. The Bertz CT molecular complexity index is 1540. The number of Topliss-reactive ketones (excluding diaryl/α,β-unsaturated/α-hetero) is 1. The van der Waals surface area contributed by atoms with E-state index in [1.54, 1.807) is 20.8 Å². The molecule has 52 heavy (non-hydrogen) atoms. The van der Waals surface area contributed by atoms with Crippen LogP contribution in [0.5, 0.6) is 0 Å². The molecule has 0 aromatic rings. The lowest BCUT2D eigenvalue weighted by atomic mass is 9.44. The highest BCUT2D eigenvalue weighted by atomic mass is 19.1. The molecular formula is C32H42FN3O16. The molecule has 0 radical (unpaired) electrons. The summed E-state index contributed by atoms with van der Waals surface area (Å²) in [4.78, 5) is 97.1. The number of ether oxygens (including phenoxy) is 2. The van der Waals surface area contributed by atoms with Crippen LogP contribution in [0.4, 0.5) is 4.39 Å². The number of aliphatic hydroxyl groups is 1. The molecule has 4 aliphatic rings. The molecule has 4 rings (SSSR count). The van der Waals surface area contributed by atoms with Crippen molar-refractivity contribution in [2.75, 3.05) is 19.8 Å². The van der Waals surface area contributed by atoms with E-state index in [1.807, 2.05) is 0 Å². The second-order valence-electron chi connectivity index (χ2n) is 14.2. The molecule has 3 fully saturated rings. The summed E-state index contributed by atoms with van der Waals surface area (Å²) in [6.07, 6.45) is 0.215. The predicted octanol–water partition coefficient (Wildman–Crippen LogP) is 2.94. The molecule has 0 heterocycles. The SMILES string of the molecule is C[C@@H]1CC2C3CCC4=CC(=O)C=C[C@]4(C)[C@@]3(F)[C@@H](O)C[C@]2(C)[C@@]1(OC(=O)CCCO[N+](=O)[O-])C(=O)COC(=O)CCCC(CO[N+](=O)[O-])O[N+](=O)[O-]. The van der Waals surface area contributed by atoms with E-state index in [2.05, 4.69) is 14.5 Å². The molecule has 19 nitrogen and oxygen atoms in total. The van der Waals surface area contributed by atoms with Crippen molar-refractivity contribution in [3.05, 3.63) is 54.1 Å². The smallest absolute Gasteiger partial charge is 0.306 e. The first-order chi connectivity index (χ1) is 24.3. The molecule has 1 N–H and O–H groups in total. The highest BCUT2D eigenvalue weighted by Gasteiger charge is 2.77. The maximum Gasteiger partial charge on any atom is 0.306 e. The Labute approximate surface area is 296 Å². The number of carbonyl (C=O) groups excluding carboxylic acids is 4. The minimum absolute atomic E-state index is 0.114. The van der Waals surface area contributed by atoms with E-state index in [0.29, 0.717) is 12.0 Å². The molecule has 0 bridgehead atoms. The molecule has 0 aliphatic heterocycles. The zero-order valence-electron chi connectivity index (χ0n) is 28.9. The molecule has 0 amide bonds. The Kier molecular flexibility index (Phi) is 11.9. The van der Waals surface area contributed by atoms with Crippen LogP contribution in [0.25, 0.3) is 0 Å². The van der Waals surface area contributed by atoms with Gasteiger partial charge in [-0.05, 0) is 69.9 Å². The van der Waals surface area contributed by atoms with E-state index in [1.165, 1.54) is 18.2 Å². The molecule has 4 aliphatic carbocycles. The molecule has 0 aromatic carbocycles. The average molecular weight is 744 g/mol. The Morgan fingerprint density at radius 3 is 2.35 bits per heavy atom. The highest BCUT2D eigenvalue weighted by Crippen LogP contribution is 2.71. The van der Waals surface area contributed by atoms with E-state index in [0.717, 1.165) is 0 Å². The first-order valence-corrected chi connectivity index (χ1v) is 16.9. The quantitative estimate of drug-likeness (QED) is 0.0915. The van der Waals surface area contributed by atoms with Crippen molar-refractivity contribution >= 4 is 23.5 Å². The van der Waals surface area contributed by atoms with E-state index >= 15 is 4.39 Å². The normalized spacial score (nSPS) is 33.6. The van der Waals surface area contributed by atoms with Crippen LogP contribution < -0.4 is 0 Å². The molecule has 3 unspecified atom stereocenters. The van der Waals surface area contributed by atoms with Crippen LogP contribution in [0.1, 0.15) is 78.6 Å². The second-order valence-corrected chi connectivity index (χ2v) is 14.2. The summed E-state index contributed by atoms with van der Waals surface area (Å²) in [6.45, 7) is 2.78. The fourth-order valence-corrected chi connectivity index (χ4v) is 9.22. The van der Waals surface area contributed by atoms with Crippen LogP contribution in [0.3, 0.4) is 0 Å². The summed E-state index contributed by atoms with van der Waals surface area (Å²) in [7, 11) is 0. The minimum Gasteiger partial charge on any atom is -0.457 e. The van der Waals surface area contributed by atoms with Crippen molar-refractivity contribution in [2.24, 2.45) is 28.6 Å². The van der Waals surface area contributed by atoms with Gasteiger partial charge >= 0.3 is 11.9 Å². The number of alkyl halides is 1. The van der Waals surface area contributed by atoms with E-state index in [-0.39, 0.29) is 44.3 Å². The summed E-state index contributed by atoms with van der Waals surface area (Å²) < 4.78 is 29.0. The van der Waals surface area contributed by atoms with Gasteiger partial charge in [0.1, 0.15) is 12.7 Å². The molecule has 20 heteroatoms. The summed E-state index contributed by atoms with van der Waals surface area (Å²) in [5.74, 6) is -5.24. The van der Waals surface area contributed by atoms with Crippen molar-refractivity contribution in [2.45, 2.75) is 102 Å². The van der Waals surface area contributed by atoms with Gasteiger partial charge < -0.3 is 29.1 Å². The zero-order chi connectivity index (χ0) is 38.6. The number of carbonyl (C=O) groups is 4. The maximum atomic E-state index is 17.7. The van der Waals surface area contributed by atoms with Gasteiger partial charge in [-0.2, -0.15) is 0 Å². The van der Waals surface area contributed by atoms with Crippen molar-refractivity contribution in [1.82, 2.24) is 0 Å². The van der Waals surface area contributed by atoms with Gasteiger partial charge in [-0.15, -0.1) is 30.3 Å².